The molecule has 2 heterocycles. The van der Waals surface area contributed by atoms with Crippen molar-refractivity contribution in [3.63, 3.8) is 0 Å². The van der Waals surface area contributed by atoms with Crippen LogP contribution in [0.2, 0.25) is 0 Å². The van der Waals surface area contributed by atoms with Crippen molar-refractivity contribution in [1.82, 2.24) is 20.4 Å². The van der Waals surface area contributed by atoms with Gasteiger partial charge in [-0.1, -0.05) is 24.3 Å². The summed E-state index contributed by atoms with van der Waals surface area (Å²) in [6.07, 6.45) is 0. The van der Waals surface area contributed by atoms with Crippen LogP contribution in [-0.4, -0.2) is 68.0 Å². The predicted molar refractivity (Wildman–Crippen MR) is 119 cm³/mol. The molecule has 1 aliphatic heterocycles. The normalized spacial score (nSPS) is 17.2. The lowest BCUT2D eigenvalue weighted by Crippen LogP contribution is -2.53. The van der Waals surface area contributed by atoms with Crippen molar-refractivity contribution in [2.24, 2.45) is 0 Å². The summed E-state index contributed by atoms with van der Waals surface area (Å²) in [4.78, 5) is 30.8. The summed E-state index contributed by atoms with van der Waals surface area (Å²) in [6.45, 7) is 6.04. The van der Waals surface area contributed by atoms with Crippen molar-refractivity contribution in [1.29, 1.82) is 0 Å². The van der Waals surface area contributed by atoms with E-state index in [0.717, 1.165) is 31.7 Å². The number of amides is 2. The first-order chi connectivity index (χ1) is 14.5. The highest BCUT2D eigenvalue weighted by Crippen LogP contribution is 2.29. The Morgan fingerprint density at radius 2 is 1.83 bits per heavy atom. The van der Waals surface area contributed by atoms with Gasteiger partial charge in [0, 0.05) is 49.2 Å². The second-order valence-corrected chi connectivity index (χ2v) is 8.54. The molecule has 1 aliphatic rings. The van der Waals surface area contributed by atoms with Crippen molar-refractivity contribution in [3.8, 4) is 5.75 Å². The molecule has 30 heavy (non-hydrogen) atoms. The molecule has 2 atom stereocenters. The van der Waals surface area contributed by atoms with Gasteiger partial charge in [-0.2, -0.15) is 0 Å². The summed E-state index contributed by atoms with van der Waals surface area (Å²) in [5.74, 6) is -0.580. The quantitative estimate of drug-likeness (QED) is 0.656. The fourth-order valence-corrected chi connectivity index (χ4v) is 4.72. The third kappa shape index (κ3) is 5.59. The monoisotopic (exact) mass is 430 g/mol. The summed E-state index contributed by atoms with van der Waals surface area (Å²) >= 11 is 1.68. The van der Waals surface area contributed by atoms with E-state index in [-0.39, 0.29) is 18.6 Å². The molecule has 1 saturated heterocycles. The number of nitrogens with one attached hydrogen (secondary N) is 2. The molecule has 8 heteroatoms. The Balaban J connectivity index is 1.61. The van der Waals surface area contributed by atoms with E-state index in [1.54, 1.807) is 18.4 Å². The van der Waals surface area contributed by atoms with Gasteiger partial charge in [0.25, 0.3) is 0 Å². The zero-order chi connectivity index (χ0) is 21.5. The molecule has 1 fully saturated rings. The van der Waals surface area contributed by atoms with Gasteiger partial charge in [-0.05, 0) is 31.5 Å². The van der Waals surface area contributed by atoms with E-state index in [1.807, 2.05) is 42.6 Å². The number of likely N-dealkylation sites (N-methyl/N-ethyl adjacent to an activating group) is 1. The topological polar surface area (TPSA) is 73.9 Å². The molecule has 0 aliphatic carbocycles. The van der Waals surface area contributed by atoms with Crippen LogP contribution in [-0.2, 0) is 16.1 Å². The van der Waals surface area contributed by atoms with Crippen LogP contribution in [0.1, 0.15) is 23.4 Å². The van der Waals surface area contributed by atoms with Gasteiger partial charge in [-0.3, -0.25) is 14.5 Å². The zero-order valence-electron chi connectivity index (χ0n) is 17.8. The molecule has 0 radical (unpaired) electrons. The van der Waals surface area contributed by atoms with Crippen LogP contribution in [0.25, 0.3) is 0 Å². The van der Waals surface area contributed by atoms with E-state index in [9.17, 15) is 9.59 Å². The third-order valence-corrected chi connectivity index (χ3v) is 6.38. The molecule has 0 unspecified atom stereocenters. The lowest BCUT2D eigenvalue weighted by atomic mass is 10.0. The molecule has 1 aromatic carbocycles. The van der Waals surface area contributed by atoms with Crippen molar-refractivity contribution < 1.29 is 14.3 Å². The SMILES string of the molecule is COc1ccccc1CNC(=O)C(=O)N[C@H](C)[C@@H](c1cccs1)N1CCN(C)CC1. The zero-order valence-corrected chi connectivity index (χ0v) is 18.6. The lowest BCUT2D eigenvalue weighted by molar-refractivity contribution is -0.140. The largest absolute Gasteiger partial charge is 0.496 e. The Hall–Kier alpha value is -2.42. The fraction of sp³-hybridized carbons (Fsp3) is 0.455. The van der Waals surface area contributed by atoms with Crippen LogP contribution in [0.3, 0.4) is 0 Å². The van der Waals surface area contributed by atoms with Crippen LogP contribution < -0.4 is 15.4 Å². The predicted octanol–water partition coefficient (Wildman–Crippen LogP) is 1.87. The number of carbonyl (C=O) groups excluding carboxylic acids is 2. The van der Waals surface area contributed by atoms with E-state index in [4.69, 9.17) is 4.74 Å². The molecular formula is C22H30N4O3S. The Kier molecular flexibility index (Phi) is 7.84. The second kappa shape index (κ2) is 10.6. The number of methoxy groups -OCH3 is 1. The minimum absolute atomic E-state index is 0.0460. The van der Waals surface area contributed by atoms with Gasteiger partial charge in [0.15, 0.2) is 0 Å². The Bertz CT molecular complexity index is 835. The highest BCUT2D eigenvalue weighted by atomic mass is 32.1. The number of hydrogen-bond acceptors (Lipinski definition) is 6. The maximum atomic E-state index is 12.6. The summed E-state index contributed by atoms with van der Waals surface area (Å²) in [6, 6.07) is 11.4. The number of para-hydroxylation sites is 1. The average Bonchev–Trinajstić information content (AvgIpc) is 3.28. The number of carbonyl (C=O) groups is 2. The average molecular weight is 431 g/mol. The number of thiophene rings is 1. The first kappa shape index (κ1) is 22.3. The van der Waals surface area contributed by atoms with Gasteiger partial charge in [0.1, 0.15) is 5.75 Å². The maximum Gasteiger partial charge on any atom is 0.309 e. The van der Waals surface area contributed by atoms with Crippen molar-refractivity contribution in [3.05, 3.63) is 52.2 Å². The number of ether oxygens (including phenoxy) is 1. The van der Waals surface area contributed by atoms with Gasteiger partial charge in [0.2, 0.25) is 0 Å². The molecule has 2 aromatic rings. The minimum Gasteiger partial charge on any atom is -0.496 e. The number of nitrogens with zero attached hydrogens (tertiary/aromatic N) is 2. The Morgan fingerprint density at radius 3 is 2.50 bits per heavy atom. The summed E-state index contributed by atoms with van der Waals surface area (Å²) in [5, 5.41) is 7.65. The maximum absolute atomic E-state index is 12.6. The van der Waals surface area contributed by atoms with Crippen molar-refractivity contribution in [2.75, 3.05) is 40.3 Å². The molecule has 7 nitrogen and oxygen atoms in total. The van der Waals surface area contributed by atoms with Crippen LogP contribution in [0.4, 0.5) is 0 Å². The Morgan fingerprint density at radius 1 is 1.10 bits per heavy atom. The van der Waals surface area contributed by atoms with Gasteiger partial charge < -0.3 is 20.3 Å². The van der Waals surface area contributed by atoms with Gasteiger partial charge in [-0.15, -0.1) is 11.3 Å². The van der Waals surface area contributed by atoms with Crippen molar-refractivity contribution in [2.45, 2.75) is 25.6 Å². The van der Waals surface area contributed by atoms with Crippen LogP contribution >= 0.6 is 11.3 Å². The highest BCUT2D eigenvalue weighted by Gasteiger charge is 2.31. The van der Waals surface area contributed by atoms with Gasteiger partial charge in [-0.25, -0.2) is 0 Å². The van der Waals surface area contributed by atoms with Crippen LogP contribution in [0, 0.1) is 0 Å². The third-order valence-electron chi connectivity index (χ3n) is 5.44. The Labute approximate surface area is 182 Å². The fourth-order valence-electron chi connectivity index (χ4n) is 3.76. The van der Waals surface area contributed by atoms with E-state index >= 15 is 0 Å². The number of rotatable bonds is 7. The van der Waals surface area contributed by atoms with Crippen LogP contribution in [0.15, 0.2) is 41.8 Å². The molecule has 162 valence electrons. The number of benzene rings is 1. The lowest BCUT2D eigenvalue weighted by Gasteiger charge is -2.40. The number of hydrogen-bond donors (Lipinski definition) is 2. The molecule has 1 aromatic heterocycles. The summed E-state index contributed by atoms with van der Waals surface area (Å²) < 4.78 is 5.29. The van der Waals surface area contributed by atoms with E-state index in [0.29, 0.717) is 5.75 Å². The van der Waals surface area contributed by atoms with Gasteiger partial charge >= 0.3 is 11.8 Å². The van der Waals surface area contributed by atoms with E-state index in [2.05, 4.69) is 33.5 Å². The molecular weight excluding hydrogens is 400 g/mol. The van der Waals surface area contributed by atoms with Crippen LogP contribution in [0.5, 0.6) is 5.75 Å². The van der Waals surface area contributed by atoms with Crippen molar-refractivity contribution >= 4 is 23.2 Å². The highest BCUT2D eigenvalue weighted by molar-refractivity contribution is 7.10. The first-order valence-corrected chi connectivity index (χ1v) is 11.0. The summed E-state index contributed by atoms with van der Waals surface area (Å²) in [7, 11) is 3.70. The molecule has 2 N–H and O–H groups in total. The smallest absolute Gasteiger partial charge is 0.309 e. The second-order valence-electron chi connectivity index (χ2n) is 7.56. The molecule has 0 saturated carbocycles. The molecule has 0 spiro atoms. The van der Waals surface area contributed by atoms with Gasteiger partial charge in [0.05, 0.1) is 13.2 Å². The van der Waals surface area contributed by atoms with E-state index in [1.165, 1.54) is 4.88 Å². The molecule has 3 rings (SSSR count). The summed E-state index contributed by atoms with van der Waals surface area (Å²) in [5.41, 5.74) is 0.822. The molecule has 0 bridgehead atoms. The first-order valence-electron chi connectivity index (χ1n) is 10.2. The molecule has 2 amide bonds. The van der Waals surface area contributed by atoms with E-state index < -0.39 is 11.8 Å². The standard InChI is InChI=1S/C22H30N4O3S/c1-16(20(19-9-6-14-30-19)26-12-10-25(2)11-13-26)24-22(28)21(27)23-15-17-7-4-5-8-18(17)29-3/h4-9,14,16,20H,10-13,15H2,1-3H3,(H,23,27)(H,24,28)/t16-,20+/m1/s1. The minimum atomic E-state index is -0.643. The number of piperazine rings is 1.